The molecule has 0 saturated heterocycles. The number of hydrogen-bond donors (Lipinski definition) is 3. The number of primary sulfonamides is 1. The molecular formula is C18H33IN4O2S. The molecule has 1 unspecified atom stereocenters. The molecule has 0 saturated carbocycles. The minimum atomic E-state index is -3.63. The molecule has 1 rings (SSSR count). The topological polar surface area (TPSA) is 96.6 Å². The monoisotopic (exact) mass is 496 g/mol. The quantitative estimate of drug-likeness (QED) is 0.278. The Kier molecular flexibility index (Phi) is 12.1. The van der Waals surface area contributed by atoms with Crippen molar-refractivity contribution in [3.63, 3.8) is 0 Å². The maximum absolute atomic E-state index is 11.3. The number of guanidine groups is 1. The van der Waals surface area contributed by atoms with E-state index in [2.05, 4.69) is 36.4 Å². The molecule has 0 aliphatic rings. The first kappa shape index (κ1) is 25.1. The Labute approximate surface area is 175 Å². The van der Waals surface area contributed by atoms with Gasteiger partial charge in [0.15, 0.2) is 5.96 Å². The summed E-state index contributed by atoms with van der Waals surface area (Å²) in [5.74, 6) is 1.52. The molecule has 0 amide bonds. The fraction of sp³-hybridized carbons (Fsp3) is 0.611. The second-order valence-electron chi connectivity index (χ2n) is 6.72. The SMILES string of the molecule is CCNC(=NCCc1ccc(S(N)(=O)=O)cc1)NC(C)CCC(C)C.I. The molecule has 8 heteroatoms. The maximum atomic E-state index is 11.3. The second-order valence-corrected chi connectivity index (χ2v) is 8.28. The highest BCUT2D eigenvalue weighted by Crippen LogP contribution is 2.09. The lowest BCUT2D eigenvalue weighted by molar-refractivity contribution is 0.489. The molecule has 6 nitrogen and oxygen atoms in total. The van der Waals surface area contributed by atoms with Gasteiger partial charge in [-0.3, -0.25) is 4.99 Å². The smallest absolute Gasteiger partial charge is 0.238 e. The van der Waals surface area contributed by atoms with E-state index in [4.69, 9.17) is 5.14 Å². The number of hydrogen-bond acceptors (Lipinski definition) is 3. The third kappa shape index (κ3) is 10.3. The Bertz CT molecular complexity index is 646. The molecule has 0 spiro atoms. The molecular weight excluding hydrogens is 463 g/mol. The lowest BCUT2D eigenvalue weighted by Crippen LogP contribution is -2.42. The fourth-order valence-electron chi connectivity index (χ4n) is 2.35. The van der Waals surface area contributed by atoms with E-state index in [1.165, 1.54) is 18.6 Å². The Hall–Kier alpha value is -0.870. The van der Waals surface area contributed by atoms with Gasteiger partial charge in [-0.2, -0.15) is 0 Å². The first-order valence-corrected chi connectivity index (χ1v) is 10.4. The van der Waals surface area contributed by atoms with Crippen molar-refractivity contribution in [1.82, 2.24) is 10.6 Å². The van der Waals surface area contributed by atoms with Crippen molar-refractivity contribution in [2.24, 2.45) is 16.0 Å². The minimum absolute atomic E-state index is 0. The predicted octanol–water partition coefficient (Wildman–Crippen LogP) is 2.87. The van der Waals surface area contributed by atoms with Crippen LogP contribution in [0.5, 0.6) is 0 Å². The highest BCUT2D eigenvalue weighted by molar-refractivity contribution is 14.0. The molecule has 150 valence electrons. The van der Waals surface area contributed by atoms with E-state index >= 15 is 0 Å². The van der Waals surface area contributed by atoms with Gasteiger partial charge in [0.1, 0.15) is 0 Å². The van der Waals surface area contributed by atoms with E-state index in [0.29, 0.717) is 18.5 Å². The molecule has 4 N–H and O–H groups in total. The Morgan fingerprint density at radius 2 is 1.77 bits per heavy atom. The van der Waals surface area contributed by atoms with Crippen molar-refractivity contribution in [2.75, 3.05) is 13.1 Å². The van der Waals surface area contributed by atoms with Crippen LogP contribution in [0.4, 0.5) is 0 Å². The average Bonchev–Trinajstić information content (AvgIpc) is 2.53. The van der Waals surface area contributed by atoms with Crippen LogP contribution in [0.15, 0.2) is 34.2 Å². The molecule has 1 atom stereocenters. The minimum Gasteiger partial charge on any atom is -0.357 e. The number of nitrogens with zero attached hydrogens (tertiary/aromatic N) is 1. The zero-order valence-corrected chi connectivity index (χ0v) is 19.3. The van der Waals surface area contributed by atoms with Crippen LogP contribution < -0.4 is 15.8 Å². The Balaban J connectivity index is 0.00000625. The second kappa shape index (κ2) is 12.5. The summed E-state index contributed by atoms with van der Waals surface area (Å²) in [6, 6.07) is 6.99. The van der Waals surface area contributed by atoms with Crippen molar-refractivity contribution in [3.05, 3.63) is 29.8 Å². The largest absolute Gasteiger partial charge is 0.357 e. The summed E-state index contributed by atoms with van der Waals surface area (Å²) in [5, 5.41) is 11.8. The molecule has 26 heavy (non-hydrogen) atoms. The summed E-state index contributed by atoms with van der Waals surface area (Å²) >= 11 is 0. The number of aliphatic imine (C=N–C) groups is 1. The highest BCUT2D eigenvalue weighted by Gasteiger charge is 2.08. The fourth-order valence-corrected chi connectivity index (χ4v) is 2.87. The molecule has 0 aromatic heterocycles. The van der Waals surface area contributed by atoms with Gasteiger partial charge in [0.2, 0.25) is 10.0 Å². The highest BCUT2D eigenvalue weighted by atomic mass is 127. The summed E-state index contributed by atoms with van der Waals surface area (Å²) in [7, 11) is -3.63. The van der Waals surface area contributed by atoms with Crippen LogP contribution in [0.3, 0.4) is 0 Å². The van der Waals surface area contributed by atoms with Gasteiger partial charge in [0.25, 0.3) is 0 Å². The third-order valence-corrected chi connectivity index (χ3v) is 4.76. The van der Waals surface area contributed by atoms with E-state index in [9.17, 15) is 8.42 Å². The summed E-state index contributed by atoms with van der Waals surface area (Å²) < 4.78 is 22.5. The van der Waals surface area contributed by atoms with Gasteiger partial charge in [-0.15, -0.1) is 24.0 Å². The van der Waals surface area contributed by atoms with Crippen LogP contribution in [-0.4, -0.2) is 33.5 Å². The normalized spacial score (nSPS) is 13.2. The lowest BCUT2D eigenvalue weighted by atomic mass is 10.0. The summed E-state index contributed by atoms with van der Waals surface area (Å²) in [5.41, 5.74) is 1.03. The summed E-state index contributed by atoms with van der Waals surface area (Å²) in [6.07, 6.45) is 3.03. The molecule has 0 aliphatic carbocycles. The number of sulfonamides is 1. The van der Waals surface area contributed by atoms with Crippen LogP contribution in [0.25, 0.3) is 0 Å². The van der Waals surface area contributed by atoms with Gasteiger partial charge in [-0.05, 0) is 56.7 Å². The van der Waals surface area contributed by atoms with Gasteiger partial charge in [0, 0.05) is 19.1 Å². The maximum Gasteiger partial charge on any atom is 0.238 e. The Morgan fingerprint density at radius 3 is 2.27 bits per heavy atom. The summed E-state index contributed by atoms with van der Waals surface area (Å²) in [6.45, 7) is 10.1. The molecule has 1 aromatic carbocycles. The summed E-state index contributed by atoms with van der Waals surface area (Å²) in [4.78, 5) is 4.73. The first-order chi connectivity index (χ1) is 11.7. The van der Waals surface area contributed by atoms with Gasteiger partial charge in [-0.25, -0.2) is 13.6 Å². The third-order valence-electron chi connectivity index (χ3n) is 3.83. The number of rotatable bonds is 9. The van der Waals surface area contributed by atoms with Crippen molar-refractivity contribution < 1.29 is 8.42 Å². The number of halogens is 1. The molecule has 0 radical (unpaired) electrons. The Morgan fingerprint density at radius 1 is 1.15 bits per heavy atom. The van der Waals surface area contributed by atoms with Crippen LogP contribution in [0.2, 0.25) is 0 Å². The van der Waals surface area contributed by atoms with Crippen LogP contribution in [0.1, 0.15) is 46.1 Å². The van der Waals surface area contributed by atoms with E-state index in [1.54, 1.807) is 12.1 Å². The van der Waals surface area contributed by atoms with Crippen molar-refractivity contribution in [1.29, 1.82) is 0 Å². The predicted molar refractivity (Wildman–Crippen MR) is 120 cm³/mol. The van der Waals surface area contributed by atoms with E-state index < -0.39 is 10.0 Å². The van der Waals surface area contributed by atoms with E-state index in [0.717, 1.165) is 30.9 Å². The molecule has 0 bridgehead atoms. The van der Waals surface area contributed by atoms with Crippen molar-refractivity contribution in [3.8, 4) is 0 Å². The standard InChI is InChI=1S/C18H32N4O2S.HI/c1-5-20-18(22-15(4)7-6-14(2)3)21-13-12-16-8-10-17(11-9-16)25(19,23)24;/h8-11,14-15H,5-7,12-13H2,1-4H3,(H2,19,23,24)(H2,20,21,22);1H. The van der Waals surface area contributed by atoms with E-state index in [-0.39, 0.29) is 28.9 Å². The lowest BCUT2D eigenvalue weighted by Gasteiger charge is -2.18. The van der Waals surface area contributed by atoms with Gasteiger partial charge in [-0.1, -0.05) is 26.0 Å². The van der Waals surface area contributed by atoms with Crippen LogP contribution in [-0.2, 0) is 16.4 Å². The van der Waals surface area contributed by atoms with E-state index in [1.807, 2.05) is 6.92 Å². The zero-order valence-electron chi connectivity index (χ0n) is 16.2. The van der Waals surface area contributed by atoms with Crippen LogP contribution in [0, 0.1) is 5.92 Å². The first-order valence-electron chi connectivity index (χ1n) is 8.89. The molecule has 1 aromatic rings. The van der Waals surface area contributed by atoms with Gasteiger partial charge in [0.05, 0.1) is 4.90 Å². The number of benzene rings is 1. The molecule has 0 aliphatic heterocycles. The van der Waals surface area contributed by atoms with Crippen LogP contribution >= 0.6 is 24.0 Å². The zero-order chi connectivity index (χ0) is 18.9. The average molecular weight is 496 g/mol. The number of nitrogens with two attached hydrogens (primary N) is 1. The molecule has 0 heterocycles. The van der Waals surface area contributed by atoms with Crippen molar-refractivity contribution >= 4 is 40.0 Å². The number of nitrogens with one attached hydrogen (secondary N) is 2. The van der Waals surface area contributed by atoms with Crippen molar-refractivity contribution in [2.45, 2.75) is 57.9 Å². The van der Waals surface area contributed by atoms with Gasteiger partial charge >= 0.3 is 0 Å². The van der Waals surface area contributed by atoms with Gasteiger partial charge < -0.3 is 10.6 Å². The molecule has 0 fully saturated rings.